The van der Waals surface area contributed by atoms with E-state index in [2.05, 4.69) is 45.1 Å². The molecule has 0 spiro atoms. The van der Waals surface area contributed by atoms with Gasteiger partial charge in [0.05, 0.1) is 25.0 Å². The van der Waals surface area contributed by atoms with Crippen LogP contribution in [0.3, 0.4) is 0 Å². The molecule has 4 heteroatoms. The molecule has 2 rings (SSSR count). The van der Waals surface area contributed by atoms with E-state index in [4.69, 9.17) is 5.26 Å². The second-order valence-electron chi connectivity index (χ2n) is 4.43. The van der Waals surface area contributed by atoms with Gasteiger partial charge in [-0.25, -0.2) is 0 Å². The first kappa shape index (κ1) is 12.6. The van der Waals surface area contributed by atoms with Crippen molar-refractivity contribution in [3.8, 4) is 6.07 Å². The summed E-state index contributed by atoms with van der Waals surface area (Å²) >= 11 is 0. The Kier molecular flexibility index (Phi) is 4.32. The largest absolute Gasteiger partial charge is 0.353 e. The number of nitriles is 1. The zero-order valence-electron chi connectivity index (χ0n) is 10.7. The third kappa shape index (κ3) is 2.88. The summed E-state index contributed by atoms with van der Waals surface area (Å²) in [6.07, 6.45) is 1.90. The van der Waals surface area contributed by atoms with Crippen molar-refractivity contribution >= 4 is 6.34 Å². The van der Waals surface area contributed by atoms with Crippen LogP contribution < -0.4 is 0 Å². The van der Waals surface area contributed by atoms with E-state index in [9.17, 15) is 0 Å². The van der Waals surface area contributed by atoms with Crippen LogP contribution in [0.25, 0.3) is 0 Å². The van der Waals surface area contributed by atoms with Gasteiger partial charge in [0.15, 0.2) is 0 Å². The van der Waals surface area contributed by atoms with E-state index in [0.717, 1.165) is 19.6 Å². The van der Waals surface area contributed by atoms with E-state index in [-0.39, 0.29) is 6.04 Å². The monoisotopic (exact) mass is 242 g/mol. The summed E-state index contributed by atoms with van der Waals surface area (Å²) in [7, 11) is 1.80. The van der Waals surface area contributed by atoms with Crippen LogP contribution in [0.15, 0.2) is 35.3 Å². The molecule has 0 saturated carbocycles. The van der Waals surface area contributed by atoms with Gasteiger partial charge >= 0.3 is 0 Å². The maximum absolute atomic E-state index is 8.81. The normalized spacial score (nSPS) is 21.1. The van der Waals surface area contributed by atoms with E-state index >= 15 is 0 Å². The standard InChI is InChI=1S/C14H18N4/c1-16-12-18-10-9-17(8-7-15)11-14(18)13-5-3-2-4-6-13/h2-6,12,14H,8-11H2,1H3. The van der Waals surface area contributed by atoms with E-state index in [1.54, 1.807) is 7.05 Å². The molecule has 0 aliphatic carbocycles. The fourth-order valence-corrected chi connectivity index (χ4v) is 2.36. The highest BCUT2D eigenvalue weighted by Gasteiger charge is 2.26. The second-order valence-corrected chi connectivity index (χ2v) is 4.43. The lowest BCUT2D eigenvalue weighted by atomic mass is 10.0. The topological polar surface area (TPSA) is 42.6 Å². The summed E-state index contributed by atoms with van der Waals surface area (Å²) in [6, 6.07) is 12.9. The minimum atomic E-state index is 0.289. The fourth-order valence-electron chi connectivity index (χ4n) is 2.36. The lowest BCUT2D eigenvalue weighted by Crippen LogP contribution is -2.47. The van der Waals surface area contributed by atoms with Crippen molar-refractivity contribution < 1.29 is 0 Å². The second kappa shape index (κ2) is 6.18. The van der Waals surface area contributed by atoms with Crippen molar-refractivity contribution in [2.24, 2.45) is 4.99 Å². The highest BCUT2D eigenvalue weighted by molar-refractivity contribution is 5.56. The average Bonchev–Trinajstić information content (AvgIpc) is 2.42. The number of rotatable bonds is 3. The Morgan fingerprint density at radius 2 is 2.17 bits per heavy atom. The van der Waals surface area contributed by atoms with Gasteiger partial charge in [-0.2, -0.15) is 5.26 Å². The first-order chi connectivity index (χ1) is 8.85. The first-order valence-corrected chi connectivity index (χ1v) is 6.17. The molecule has 1 unspecified atom stereocenters. The van der Waals surface area contributed by atoms with Gasteiger partial charge in [-0.3, -0.25) is 9.89 Å². The van der Waals surface area contributed by atoms with E-state index in [1.165, 1.54) is 5.56 Å². The van der Waals surface area contributed by atoms with Crippen LogP contribution in [-0.4, -0.2) is 49.4 Å². The molecule has 1 saturated heterocycles. The maximum atomic E-state index is 8.81. The fraction of sp³-hybridized carbons (Fsp3) is 0.429. The first-order valence-electron chi connectivity index (χ1n) is 6.17. The molecule has 0 aromatic heterocycles. The number of aliphatic imine (C=N–C) groups is 1. The minimum absolute atomic E-state index is 0.289. The molecule has 0 radical (unpaired) electrons. The molecule has 1 atom stereocenters. The molecular weight excluding hydrogens is 224 g/mol. The SMILES string of the molecule is CN=CN1CCN(CC#N)CC1c1ccccc1. The summed E-state index contributed by atoms with van der Waals surface area (Å²) in [5.74, 6) is 0. The van der Waals surface area contributed by atoms with Gasteiger partial charge in [-0.1, -0.05) is 30.3 Å². The third-order valence-corrected chi connectivity index (χ3v) is 3.25. The Hall–Kier alpha value is -1.86. The predicted octanol–water partition coefficient (Wildman–Crippen LogP) is 1.53. The van der Waals surface area contributed by atoms with Gasteiger partial charge in [0.25, 0.3) is 0 Å². The maximum Gasteiger partial charge on any atom is 0.0867 e. The van der Waals surface area contributed by atoms with Gasteiger partial charge in [-0.05, 0) is 5.56 Å². The molecule has 0 N–H and O–H groups in total. The Morgan fingerprint density at radius 3 is 2.83 bits per heavy atom. The summed E-state index contributed by atoms with van der Waals surface area (Å²) in [4.78, 5) is 8.57. The molecule has 0 bridgehead atoms. The molecule has 1 heterocycles. The van der Waals surface area contributed by atoms with Crippen LogP contribution in [0.4, 0.5) is 0 Å². The van der Waals surface area contributed by atoms with Gasteiger partial charge in [-0.15, -0.1) is 0 Å². The van der Waals surface area contributed by atoms with Crippen molar-refractivity contribution in [2.45, 2.75) is 6.04 Å². The molecule has 1 aliphatic rings. The highest BCUT2D eigenvalue weighted by atomic mass is 15.3. The van der Waals surface area contributed by atoms with Crippen molar-refractivity contribution in [2.75, 3.05) is 33.2 Å². The van der Waals surface area contributed by atoms with Crippen molar-refractivity contribution in [1.29, 1.82) is 5.26 Å². The Labute approximate surface area is 108 Å². The van der Waals surface area contributed by atoms with Crippen LogP contribution in [0.2, 0.25) is 0 Å². The van der Waals surface area contributed by atoms with Gasteiger partial charge < -0.3 is 4.90 Å². The number of hydrogen-bond donors (Lipinski definition) is 0. The van der Waals surface area contributed by atoms with Gasteiger partial charge in [0.1, 0.15) is 0 Å². The molecule has 4 nitrogen and oxygen atoms in total. The summed E-state index contributed by atoms with van der Waals surface area (Å²) in [6.45, 7) is 3.21. The van der Waals surface area contributed by atoms with Crippen molar-refractivity contribution in [3.05, 3.63) is 35.9 Å². The minimum Gasteiger partial charge on any atom is -0.353 e. The van der Waals surface area contributed by atoms with Crippen LogP contribution in [0, 0.1) is 11.3 Å². The number of benzene rings is 1. The van der Waals surface area contributed by atoms with Crippen LogP contribution in [-0.2, 0) is 0 Å². The molecule has 1 aliphatic heterocycles. The molecule has 94 valence electrons. The molecule has 1 aromatic rings. The van der Waals surface area contributed by atoms with Gasteiger partial charge in [0.2, 0.25) is 0 Å². The summed E-state index contributed by atoms with van der Waals surface area (Å²) < 4.78 is 0. The lowest BCUT2D eigenvalue weighted by molar-refractivity contribution is 0.143. The van der Waals surface area contributed by atoms with Crippen molar-refractivity contribution in [1.82, 2.24) is 9.80 Å². The van der Waals surface area contributed by atoms with Gasteiger partial charge in [0, 0.05) is 26.7 Å². The molecule has 18 heavy (non-hydrogen) atoms. The molecular formula is C14H18N4. The predicted molar refractivity (Wildman–Crippen MR) is 72.4 cm³/mol. The van der Waals surface area contributed by atoms with Crippen LogP contribution in [0.5, 0.6) is 0 Å². The van der Waals surface area contributed by atoms with E-state index in [0.29, 0.717) is 6.54 Å². The number of piperazine rings is 1. The summed E-state index contributed by atoms with van der Waals surface area (Å²) in [5.41, 5.74) is 1.28. The molecule has 1 fully saturated rings. The molecule has 0 amide bonds. The Bertz CT molecular complexity index is 435. The summed E-state index contributed by atoms with van der Waals surface area (Å²) in [5, 5.41) is 8.81. The van der Waals surface area contributed by atoms with Crippen LogP contribution >= 0.6 is 0 Å². The van der Waals surface area contributed by atoms with E-state index in [1.807, 2.05) is 12.4 Å². The Morgan fingerprint density at radius 1 is 1.39 bits per heavy atom. The van der Waals surface area contributed by atoms with E-state index < -0.39 is 0 Å². The van der Waals surface area contributed by atoms with Crippen molar-refractivity contribution in [3.63, 3.8) is 0 Å². The lowest BCUT2D eigenvalue weighted by Gasteiger charge is -2.39. The number of hydrogen-bond acceptors (Lipinski definition) is 3. The van der Waals surface area contributed by atoms with Crippen LogP contribution in [0.1, 0.15) is 11.6 Å². The quantitative estimate of drug-likeness (QED) is 0.458. The third-order valence-electron chi connectivity index (χ3n) is 3.25. The highest BCUT2D eigenvalue weighted by Crippen LogP contribution is 2.23. The number of nitrogens with zero attached hydrogens (tertiary/aromatic N) is 4. The zero-order valence-corrected chi connectivity index (χ0v) is 10.7. The molecule has 1 aromatic carbocycles. The Balaban J connectivity index is 2.18. The average molecular weight is 242 g/mol. The zero-order chi connectivity index (χ0) is 12.8. The smallest absolute Gasteiger partial charge is 0.0867 e.